The minimum atomic E-state index is -0.255. The van der Waals surface area contributed by atoms with Crippen LogP contribution in [0.15, 0.2) is 53.2 Å². The van der Waals surface area contributed by atoms with Crippen LogP contribution in [0, 0.1) is 12.8 Å². The van der Waals surface area contributed by atoms with Gasteiger partial charge in [-0.1, -0.05) is 36.9 Å². The monoisotopic (exact) mass is 562 g/mol. The van der Waals surface area contributed by atoms with Gasteiger partial charge < -0.3 is 26.0 Å². The van der Waals surface area contributed by atoms with Crippen molar-refractivity contribution in [3.05, 3.63) is 58.8 Å². The zero-order valence-electron chi connectivity index (χ0n) is 22.6. The Balaban J connectivity index is 1.19. The number of aryl methyl sites for hydroxylation is 1. The minimum Gasteiger partial charge on any atom is -0.439 e. The first kappa shape index (κ1) is 26.6. The van der Waals surface area contributed by atoms with Crippen molar-refractivity contribution < 1.29 is 19.1 Å². The Hall–Kier alpha value is -3.57. The van der Waals surface area contributed by atoms with Crippen LogP contribution in [0.4, 0.5) is 10.5 Å². The van der Waals surface area contributed by atoms with Crippen molar-refractivity contribution in [1.29, 1.82) is 0 Å². The van der Waals surface area contributed by atoms with Crippen molar-refractivity contribution in [2.75, 3.05) is 11.4 Å². The number of aromatic nitrogens is 1. The second kappa shape index (κ2) is 11.1. The van der Waals surface area contributed by atoms with E-state index in [4.69, 9.17) is 4.74 Å². The molecular weight excluding hydrogens is 528 g/mol. The molecular formula is C29H34N6O4S. The molecule has 2 aromatic rings. The minimum absolute atomic E-state index is 0.00382. The summed E-state index contributed by atoms with van der Waals surface area (Å²) in [6, 6.07) is 11.0. The number of ether oxygens (including phenoxy) is 1. The molecule has 4 heterocycles. The third kappa shape index (κ3) is 5.15. The van der Waals surface area contributed by atoms with E-state index >= 15 is 0 Å². The molecule has 3 aliphatic heterocycles. The summed E-state index contributed by atoms with van der Waals surface area (Å²) in [7, 11) is 0. The number of para-hydroxylation sites is 1. The Kier molecular flexibility index (Phi) is 7.41. The summed E-state index contributed by atoms with van der Waals surface area (Å²) in [5.74, 6) is 0.995. The predicted octanol–water partition coefficient (Wildman–Crippen LogP) is 3.54. The quantitative estimate of drug-likeness (QED) is 0.407. The third-order valence-corrected chi connectivity index (χ3v) is 9.44. The molecule has 0 spiro atoms. The highest BCUT2D eigenvalue weighted by atomic mass is 32.2. The maximum atomic E-state index is 13.6. The number of hydrogen-bond acceptors (Lipinski definition) is 7. The number of carbonyl (C=O) groups excluding carboxylic acids is 3. The highest BCUT2D eigenvalue weighted by molar-refractivity contribution is 8.04. The number of hydrogen-bond donors (Lipinski definition) is 4. The number of nitrogens with one attached hydrogen (secondary N) is 4. The number of carbonyl (C=O) groups is 3. The van der Waals surface area contributed by atoms with Crippen molar-refractivity contribution >= 4 is 35.3 Å². The number of thioether (sulfide) groups is 1. The predicted molar refractivity (Wildman–Crippen MR) is 153 cm³/mol. The fraction of sp³-hybridized carbons (Fsp3) is 0.448. The van der Waals surface area contributed by atoms with Gasteiger partial charge in [-0.05, 0) is 56.8 Å². The Morgan fingerprint density at radius 2 is 1.93 bits per heavy atom. The lowest BCUT2D eigenvalue weighted by atomic mass is 9.86. The Morgan fingerprint density at radius 1 is 1.15 bits per heavy atom. The van der Waals surface area contributed by atoms with E-state index in [-0.39, 0.29) is 47.3 Å². The molecule has 1 saturated carbocycles. The molecule has 4 N–H and O–H groups in total. The van der Waals surface area contributed by atoms with E-state index in [0.29, 0.717) is 28.7 Å². The normalized spacial score (nSPS) is 27.2. The molecule has 1 aromatic heterocycles. The number of urea groups is 1. The van der Waals surface area contributed by atoms with Crippen molar-refractivity contribution in [2.45, 2.75) is 69.5 Å². The number of pyridine rings is 1. The Bertz CT molecular complexity index is 1350. The highest BCUT2D eigenvalue weighted by Gasteiger charge is 2.52. The van der Waals surface area contributed by atoms with Gasteiger partial charge in [0.05, 0.1) is 28.2 Å². The van der Waals surface area contributed by atoms with E-state index in [1.165, 1.54) is 11.8 Å². The first-order valence-electron chi connectivity index (χ1n) is 14.0. The van der Waals surface area contributed by atoms with E-state index in [0.717, 1.165) is 43.5 Å². The fourth-order valence-electron chi connectivity index (χ4n) is 6.17. The molecule has 6 rings (SSSR count). The average Bonchev–Trinajstić information content (AvgIpc) is 3.55. The Morgan fingerprint density at radius 3 is 2.67 bits per heavy atom. The number of amides is 4. The van der Waals surface area contributed by atoms with Crippen LogP contribution in [-0.4, -0.2) is 52.9 Å². The molecule has 3 fully saturated rings. The highest BCUT2D eigenvalue weighted by Crippen LogP contribution is 2.48. The van der Waals surface area contributed by atoms with Crippen LogP contribution < -0.4 is 30.9 Å². The van der Waals surface area contributed by atoms with Gasteiger partial charge in [0.15, 0.2) is 0 Å². The number of anilines is 1. The maximum Gasteiger partial charge on any atom is 0.326 e. The van der Waals surface area contributed by atoms with Gasteiger partial charge in [-0.2, -0.15) is 0 Å². The molecule has 3 unspecified atom stereocenters. The zero-order chi connectivity index (χ0) is 27.8. The number of piperidine rings is 1. The largest absolute Gasteiger partial charge is 0.439 e. The summed E-state index contributed by atoms with van der Waals surface area (Å²) in [6.45, 7) is 4.53. The summed E-state index contributed by atoms with van der Waals surface area (Å²) in [5, 5.41) is 12.8. The summed E-state index contributed by atoms with van der Waals surface area (Å²) in [5.41, 5.74) is 2.32. The van der Waals surface area contributed by atoms with E-state index in [1.807, 2.05) is 50.2 Å². The third-order valence-electron chi connectivity index (χ3n) is 8.08. The fourth-order valence-corrected chi connectivity index (χ4v) is 7.57. The van der Waals surface area contributed by atoms with Gasteiger partial charge >= 0.3 is 6.03 Å². The topological polar surface area (TPSA) is 125 Å². The van der Waals surface area contributed by atoms with E-state index in [9.17, 15) is 14.4 Å². The van der Waals surface area contributed by atoms with Crippen LogP contribution in [0.2, 0.25) is 0 Å². The van der Waals surface area contributed by atoms with Crippen molar-refractivity contribution in [1.82, 2.24) is 26.3 Å². The molecule has 1 aromatic carbocycles. The van der Waals surface area contributed by atoms with Gasteiger partial charge in [0.2, 0.25) is 11.8 Å². The summed E-state index contributed by atoms with van der Waals surface area (Å²) >= 11 is 1.49. The van der Waals surface area contributed by atoms with Crippen LogP contribution in [0.1, 0.15) is 44.6 Å². The molecule has 2 saturated heterocycles. The number of benzene rings is 1. The van der Waals surface area contributed by atoms with Crippen molar-refractivity contribution in [2.24, 2.45) is 5.92 Å². The molecule has 0 radical (unpaired) electrons. The molecule has 1 aliphatic carbocycles. The van der Waals surface area contributed by atoms with Gasteiger partial charge in [0.25, 0.3) is 5.91 Å². The molecule has 40 heavy (non-hydrogen) atoms. The molecule has 10 nitrogen and oxygen atoms in total. The van der Waals surface area contributed by atoms with Gasteiger partial charge in [0, 0.05) is 36.2 Å². The van der Waals surface area contributed by atoms with Crippen molar-refractivity contribution in [3.8, 4) is 11.6 Å². The Labute approximate surface area is 237 Å². The molecule has 4 aliphatic rings. The van der Waals surface area contributed by atoms with E-state index in [1.54, 1.807) is 11.1 Å². The van der Waals surface area contributed by atoms with Crippen LogP contribution in [0.3, 0.4) is 0 Å². The summed E-state index contributed by atoms with van der Waals surface area (Å²) in [4.78, 5) is 45.7. The second-order valence-electron chi connectivity index (χ2n) is 10.7. The molecule has 11 heteroatoms. The van der Waals surface area contributed by atoms with E-state index in [2.05, 4.69) is 26.3 Å². The smallest absolute Gasteiger partial charge is 0.326 e. The van der Waals surface area contributed by atoms with E-state index < -0.39 is 0 Å². The van der Waals surface area contributed by atoms with Gasteiger partial charge in [-0.15, -0.1) is 0 Å². The van der Waals surface area contributed by atoms with Crippen LogP contribution in [-0.2, 0) is 9.59 Å². The lowest BCUT2D eigenvalue weighted by molar-refractivity contribution is -0.121. The molecule has 4 amide bonds. The summed E-state index contributed by atoms with van der Waals surface area (Å²) < 4.78 is 5.89. The lowest BCUT2D eigenvalue weighted by Crippen LogP contribution is -2.62. The first-order chi connectivity index (χ1) is 19.4. The number of rotatable bonds is 7. The van der Waals surface area contributed by atoms with Crippen LogP contribution in [0.25, 0.3) is 0 Å². The zero-order valence-corrected chi connectivity index (χ0v) is 23.4. The summed E-state index contributed by atoms with van der Waals surface area (Å²) in [6.07, 6.45) is 5.29. The lowest BCUT2D eigenvalue weighted by Gasteiger charge is -2.46. The standard InChI is InChI=1S/C29H34N6O4S/c1-3-22(36)32-17-9-10-18(14-17)33-27(37)26-25-24-20(11-12-30-28(24)40-26)35(29(38)34-25)21-15-31-23(13-16(21)2)39-19-7-5-4-6-8-19/h4-8,13,15,17-18,20,24,28,30H,3,9-12,14H2,1-2H3,(H,32,36)(H,33,37)(H,34,38)/t17-,18-,20?,24?,28?/m1/s1. The van der Waals surface area contributed by atoms with Crippen molar-refractivity contribution in [3.63, 3.8) is 0 Å². The number of nitrogens with zero attached hydrogens (tertiary/aromatic N) is 2. The van der Waals surface area contributed by atoms with Gasteiger partial charge in [-0.25, -0.2) is 9.78 Å². The molecule has 5 atom stereocenters. The average molecular weight is 563 g/mol. The second-order valence-corrected chi connectivity index (χ2v) is 11.9. The molecule has 0 bridgehead atoms. The van der Waals surface area contributed by atoms with Gasteiger partial charge in [-0.3, -0.25) is 14.5 Å². The first-order valence-corrected chi connectivity index (χ1v) is 14.8. The van der Waals surface area contributed by atoms with Crippen LogP contribution >= 0.6 is 11.8 Å². The van der Waals surface area contributed by atoms with Gasteiger partial charge in [0.1, 0.15) is 5.75 Å². The maximum absolute atomic E-state index is 13.6. The SMILES string of the molecule is CCC(=O)N[C@@H]1CC[C@@H](NC(=O)C2=C3NC(=O)N(c4cnc(Oc5ccccc5)cc4C)C4CCNC(S2)C34)C1. The van der Waals surface area contributed by atoms with Crippen LogP contribution in [0.5, 0.6) is 11.6 Å². The molecule has 210 valence electrons.